The van der Waals surface area contributed by atoms with E-state index in [9.17, 15) is 27.2 Å². The number of amides is 2. The third kappa shape index (κ3) is 4.18. The number of nitrogens with zero attached hydrogens (tertiary/aromatic N) is 3. The van der Waals surface area contributed by atoms with Crippen LogP contribution in [0.25, 0.3) is 11.1 Å². The first-order valence-corrected chi connectivity index (χ1v) is 8.47. The van der Waals surface area contributed by atoms with Crippen molar-refractivity contribution in [1.82, 2.24) is 15.2 Å². The zero-order valence-corrected chi connectivity index (χ0v) is 14.8. The third-order valence-corrected chi connectivity index (χ3v) is 4.44. The molecule has 2 amide bonds. The summed E-state index contributed by atoms with van der Waals surface area (Å²) in [6.07, 6.45) is 1.56. The van der Waals surface area contributed by atoms with Gasteiger partial charge in [-0.15, -0.1) is 0 Å². The van der Waals surface area contributed by atoms with Crippen molar-refractivity contribution in [3.8, 4) is 17.2 Å². The third-order valence-electron chi connectivity index (χ3n) is 4.44. The summed E-state index contributed by atoms with van der Waals surface area (Å²) in [4.78, 5) is 29.2. The summed E-state index contributed by atoms with van der Waals surface area (Å²) in [6.45, 7) is -1.57. The molecule has 1 aromatic heterocycles. The summed E-state index contributed by atoms with van der Waals surface area (Å²) in [5, 5.41) is 11.2. The molecule has 29 heavy (non-hydrogen) atoms. The van der Waals surface area contributed by atoms with Gasteiger partial charge in [-0.25, -0.2) is 17.6 Å². The van der Waals surface area contributed by atoms with E-state index in [0.29, 0.717) is 4.90 Å². The van der Waals surface area contributed by atoms with Crippen LogP contribution in [0.3, 0.4) is 0 Å². The van der Waals surface area contributed by atoms with Crippen molar-refractivity contribution in [2.75, 3.05) is 13.1 Å². The van der Waals surface area contributed by atoms with Gasteiger partial charge >= 0.3 is 0 Å². The second kappa shape index (κ2) is 7.87. The van der Waals surface area contributed by atoms with E-state index in [1.54, 1.807) is 6.07 Å². The number of alkyl halides is 2. The van der Waals surface area contributed by atoms with Crippen LogP contribution in [-0.2, 0) is 4.79 Å². The minimum absolute atomic E-state index is 0.129. The number of nitrogens with one attached hydrogen (secondary N) is 1. The largest absolute Gasteiger partial charge is 0.343 e. The van der Waals surface area contributed by atoms with Crippen molar-refractivity contribution < 1.29 is 27.2 Å². The zero-order chi connectivity index (χ0) is 21.2. The zero-order valence-electron chi connectivity index (χ0n) is 14.8. The van der Waals surface area contributed by atoms with Crippen LogP contribution >= 0.6 is 0 Å². The fourth-order valence-electron chi connectivity index (χ4n) is 3.09. The van der Waals surface area contributed by atoms with E-state index >= 15 is 0 Å². The molecule has 3 rings (SSSR count). The molecule has 1 aliphatic rings. The van der Waals surface area contributed by atoms with Crippen molar-refractivity contribution in [3.05, 3.63) is 53.9 Å². The van der Waals surface area contributed by atoms with Gasteiger partial charge in [0.2, 0.25) is 5.91 Å². The average molecular weight is 406 g/mol. The smallest absolute Gasteiger partial charge is 0.268 e. The number of aromatic nitrogens is 1. The van der Waals surface area contributed by atoms with Gasteiger partial charge in [-0.1, -0.05) is 6.07 Å². The van der Waals surface area contributed by atoms with Crippen LogP contribution < -0.4 is 5.32 Å². The van der Waals surface area contributed by atoms with Crippen molar-refractivity contribution in [1.29, 1.82) is 5.26 Å². The molecule has 0 spiro atoms. The Balaban J connectivity index is 1.78. The van der Waals surface area contributed by atoms with Crippen LogP contribution in [0.15, 0.2) is 36.7 Å². The monoisotopic (exact) mass is 406 g/mol. The van der Waals surface area contributed by atoms with Gasteiger partial charge in [-0.05, 0) is 18.2 Å². The number of likely N-dealkylation sites (tertiary alicyclic amines) is 1. The molecule has 0 radical (unpaired) electrons. The molecule has 1 aromatic carbocycles. The number of benzene rings is 1. The first-order chi connectivity index (χ1) is 13.7. The molecule has 1 N–H and O–H groups in total. The Labute approximate surface area is 162 Å². The van der Waals surface area contributed by atoms with E-state index in [1.165, 1.54) is 18.3 Å². The summed E-state index contributed by atoms with van der Waals surface area (Å²) in [5.74, 6) is -6.70. The van der Waals surface area contributed by atoms with Crippen molar-refractivity contribution in [3.63, 3.8) is 0 Å². The second-order valence-corrected chi connectivity index (χ2v) is 6.43. The van der Waals surface area contributed by atoms with Crippen molar-refractivity contribution in [2.24, 2.45) is 0 Å². The molecule has 1 unspecified atom stereocenters. The van der Waals surface area contributed by atoms with Gasteiger partial charge in [0.25, 0.3) is 11.8 Å². The number of carbonyl (C=O) groups excluding carboxylic acids is 2. The maximum absolute atomic E-state index is 14.1. The van der Waals surface area contributed by atoms with Gasteiger partial charge in [0.15, 0.2) is 0 Å². The van der Waals surface area contributed by atoms with Gasteiger partial charge in [0.05, 0.1) is 30.3 Å². The Morgan fingerprint density at radius 1 is 1.28 bits per heavy atom. The van der Waals surface area contributed by atoms with Crippen molar-refractivity contribution >= 4 is 11.8 Å². The molecule has 0 saturated carbocycles. The molecule has 1 fully saturated rings. The predicted octanol–water partition coefficient (Wildman–Crippen LogP) is 2.52. The highest BCUT2D eigenvalue weighted by molar-refractivity contribution is 6.02. The number of carbonyl (C=O) groups is 2. The number of pyridine rings is 1. The molecule has 150 valence electrons. The van der Waals surface area contributed by atoms with Gasteiger partial charge in [0, 0.05) is 24.4 Å². The summed E-state index contributed by atoms with van der Waals surface area (Å²) < 4.78 is 55.1. The number of rotatable bonds is 4. The minimum Gasteiger partial charge on any atom is -0.343 e. The minimum atomic E-state index is -3.18. The number of hydrogen-bond acceptors (Lipinski definition) is 4. The van der Waals surface area contributed by atoms with Crippen LogP contribution in [-0.4, -0.2) is 46.8 Å². The standard InChI is InChI=1S/C19H14F4N4O2/c20-14-2-1-3-15(21)17(14)13-8-25-5-4-12(13)18(29)26-9-16(28)27-10-19(22,23)6-11(27)7-24/h1-5,8,11H,6,9-10H2,(H,26,29). The van der Waals surface area contributed by atoms with Gasteiger partial charge in [-0.3, -0.25) is 14.6 Å². The predicted molar refractivity (Wildman–Crippen MR) is 92.6 cm³/mol. The Bertz CT molecular complexity index is 986. The molecule has 6 nitrogen and oxygen atoms in total. The lowest BCUT2D eigenvalue weighted by molar-refractivity contribution is -0.131. The van der Waals surface area contributed by atoms with Gasteiger partial charge in [0.1, 0.15) is 17.7 Å². The van der Waals surface area contributed by atoms with E-state index in [0.717, 1.165) is 18.3 Å². The highest BCUT2D eigenvalue weighted by Gasteiger charge is 2.47. The van der Waals surface area contributed by atoms with Crippen molar-refractivity contribution in [2.45, 2.75) is 18.4 Å². The maximum Gasteiger partial charge on any atom is 0.268 e. The Hall–Kier alpha value is -3.48. The lowest BCUT2D eigenvalue weighted by atomic mass is 10.0. The van der Waals surface area contributed by atoms with E-state index in [-0.39, 0.29) is 11.1 Å². The maximum atomic E-state index is 14.1. The van der Waals surface area contributed by atoms with E-state index in [2.05, 4.69) is 10.3 Å². The van der Waals surface area contributed by atoms with E-state index in [1.807, 2.05) is 0 Å². The molecule has 1 aliphatic heterocycles. The van der Waals surface area contributed by atoms with E-state index < -0.39 is 60.5 Å². The number of halogens is 4. The van der Waals surface area contributed by atoms with Crippen LogP contribution in [0.4, 0.5) is 17.6 Å². The topological polar surface area (TPSA) is 86.1 Å². The molecule has 0 bridgehead atoms. The Morgan fingerprint density at radius 3 is 2.62 bits per heavy atom. The highest BCUT2D eigenvalue weighted by Crippen LogP contribution is 2.32. The number of hydrogen-bond donors (Lipinski definition) is 1. The Kier molecular flexibility index (Phi) is 5.50. The van der Waals surface area contributed by atoms with Gasteiger partial charge < -0.3 is 10.2 Å². The first-order valence-electron chi connectivity index (χ1n) is 8.47. The molecule has 1 saturated heterocycles. The lowest BCUT2D eigenvalue weighted by Gasteiger charge is -2.19. The molecule has 1 atom stereocenters. The average Bonchev–Trinajstić information content (AvgIpc) is 3.01. The molecular formula is C19H14F4N4O2. The van der Waals surface area contributed by atoms with Gasteiger partial charge in [-0.2, -0.15) is 5.26 Å². The molecular weight excluding hydrogens is 392 g/mol. The Morgan fingerprint density at radius 2 is 1.97 bits per heavy atom. The molecule has 2 heterocycles. The molecule has 10 heteroatoms. The highest BCUT2D eigenvalue weighted by atomic mass is 19.3. The number of nitriles is 1. The van der Waals surface area contributed by atoms with E-state index in [4.69, 9.17) is 5.26 Å². The SMILES string of the molecule is N#CC1CC(F)(F)CN1C(=O)CNC(=O)c1ccncc1-c1c(F)cccc1F. The molecule has 2 aromatic rings. The summed E-state index contributed by atoms with van der Waals surface area (Å²) >= 11 is 0. The van der Waals surface area contributed by atoms with Crippen LogP contribution in [0.5, 0.6) is 0 Å². The summed E-state index contributed by atoms with van der Waals surface area (Å²) in [5.41, 5.74) is -0.739. The fourth-order valence-corrected chi connectivity index (χ4v) is 3.09. The summed E-state index contributed by atoms with van der Waals surface area (Å²) in [6, 6.07) is 4.76. The first kappa shape index (κ1) is 20.3. The fraction of sp³-hybridized carbons (Fsp3) is 0.263. The van der Waals surface area contributed by atoms with Crippen LogP contribution in [0.1, 0.15) is 16.8 Å². The quantitative estimate of drug-likeness (QED) is 0.791. The van der Waals surface area contributed by atoms with Crippen LogP contribution in [0, 0.1) is 23.0 Å². The lowest BCUT2D eigenvalue weighted by Crippen LogP contribution is -2.43. The molecule has 0 aliphatic carbocycles. The summed E-state index contributed by atoms with van der Waals surface area (Å²) in [7, 11) is 0. The second-order valence-electron chi connectivity index (χ2n) is 6.43. The van der Waals surface area contributed by atoms with Crippen LogP contribution in [0.2, 0.25) is 0 Å². The normalized spacial score (nSPS) is 17.6.